The summed E-state index contributed by atoms with van der Waals surface area (Å²) in [7, 11) is 2.94. The Morgan fingerprint density at radius 1 is 0.844 bits per heavy atom. The summed E-state index contributed by atoms with van der Waals surface area (Å²) in [6.45, 7) is 4.73. The highest BCUT2D eigenvalue weighted by molar-refractivity contribution is 8.76. The van der Waals surface area contributed by atoms with E-state index in [-0.39, 0.29) is 25.2 Å². The van der Waals surface area contributed by atoms with Crippen molar-refractivity contribution in [2.24, 2.45) is 0 Å². The Balaban J connectivity index is 0. The predicted octanol–water partition coefficient (Wildman–Crippen LogP) is 1.13. The molecule has 14 heteroatoms. The van der Waals surface area contributed by atoms with Gasteiger partial charge in [0.05, 0.1) is 10.5 Å². The first kappa shape index (κ1) is 32.8. The van der Waals surface area contributed by atoms with Gasteiger partial charge in [0, 0.05) is 37.4 Å². The molecule has 0 fully saturated rings. The first-order chi connectivity index (χ1) is 15.1. The van der Waals surface area contributed by atoms with Crippen LogP contribution in [-0.4, -0.2) is 86.9 Å². The average Bonchev–Trinajstić information content (AvgIpc) is 2.76. The molecular formula is C18H30N2O8S4. The quantitative estimate of drug-likeness (QED) is 0.0791. The van der Waals surface area contributed by atoms with E-state index in [1.54, 1.807) is 6.26 Å². The fourth-order valence-corrected chi connectivity index (χ4v) is 4.67. The van der Waals surface area contributed by atoms with Crippen molar-refractivity contribution in [3.8, 4) is 0 Å². The minimum atomic E-state index is -1.63. The Kier molecular flexibility index (Phi) is 20.7. The zero-order valence-electron chi connectivity index (χ0n) is 18.1. The molecule has 0 saturated heterocycles. The monoisotopic (exact) mass is 530 g/mol. The van der Waals surface area contributed by atoms with Gasteiger partial charge in [-0.15, -0.1) is 0 Å². The Morgan fingerprint density at radius 2 is 1.31 bits per heavy atom. The smallest absolute Gasteiger partial charge is 0.373 e. The maximum atomic E-state index is 11.7. The van der Waals surface area contributed by atoms with Crippen LogP contribution < -0.4 is 10.6 Å². The summed E-state index contributed by atoms with van der Waals surface area (Å²) in [6, 6.07) is 0. The van der Waals surface area contributed by atoms with Gasteiger partial charge in [0.2, 0.25) is 11.8 Å². The maximum Gasteiger partial charge on any atom is 0.373 e. The minimum Gasteiger partial charge on any atom is -0.475 e. The third kappa shape index (κ3) is 16.3. The van der Waals surface area contributed by atoms with Crippen LogP contribution in [0.25, 0.3) is 0 Å². The van der Waals surface area contributed by atoms with Gasteiger partial charge < -0.3 is 20.8 Å². The Morgan fingerprint density at radius 3 is 1.75 bits per heavy atom. The van der Waals surface area contributed by atoms with E-state index in [0.29, 0.717) is 24.6 Å². The summed E-state index contributed by atoms with van der Waals surface area (Å²) in [5.74, 6) is -4.71. The summed E-state index contributed by atoms with van der Waals surface area (Å²) in [4.78, 5) is 67.0. The molecule has 32 heavy (non-hydrogen) atoms. The van der Waals surface area contributed by atoms with E-state index in [2.05, 4.69) is 23.3 Å². The Bertz CT molecular complexity index is 648. The number of hydrogen-bond donors (Lipinski definition) is 5. The molecular weight excluding hydrogens is 500 g/mol. The van der Waals surface area contributed by atoms with E-state index in [0.717, 1.165) is 11.8 Å². The molecule has 2 unspecified atom stereocenters. The SMILES string of the molecule is CC.CSC(CCC(=O)NCCSSCCNC(=O)CC(S)C(=O)C(=O)O)C(=O)C(=O)O. The predicted molar refractivity (Wildman–Crippen MR) is 131 cm³/mol. The summed E-state index contributed by atoms with van der Waals surface area (Å²) >= 11 is 4.89. The van der Waals surface area contributed by atoms with Crippen molar-refractivity contribution < 1.29 is 39.0 Å². The molecule has 0 aliphatic heterocycles. The standard InChI is InChI=1S/C16H24N2O8S4.C2H6/c1-28-10(14(22)16(25)26)2-3-11(19)17-4-6-29-30-7-5-18-12(20)8-9(27)13(21)15(23)24;1-2/h9-10,27H,2-8H2,1H3,(H,17,19)(H,18,20)(H,23,24)(H,25,26);1-2H3. The van der Waals surface area contributed by atoms with Crippen LogP contribution in [0.3, 0.4) is 0 Å². The average molecular weight is 531 g/mol. The molecule has 2 amide bonds. The number of carboxylic acids is 2. The second-order valence-electron chi connectivity index (χ2n) is 5.67. The molecule has 0 aromatic heterocycles. The molecule has 0 aromatic carbocycles. The molecule has 0 aliphatic rings. The number of nitrogens with one attached hydrogen (secondary N) is 2. The van der Waals surface area contributed by atoms with Crippen LogP contribution in [0.15, 0.2) is 0 Å². The fourth-order valence-electron chi connectivity index (χ4n) is 1.91. The van der Waals surface area contributed by atoms with Gasteiger partial charge in [-0.25, -0.2) is 9.59 Å². The van der Waals surface area contributed by atoms with Crippen molar-refractivity contribution >= 4 is 81.3 Å². The molecule has 0 heterocycles. The van der Waals surface area contributed by atoms with Crippen LogP contribution in [0.1, 0.15) is 33.1 Å². The van der Waals surface area contributed by atoms with Gasteiger partial charge in [-0.2, -0.15) is 24.4 Å². The number of carboxylic acid groups (broad SMARTS) is 2. The summed E-state index contributed by atoms with van der Waals surface area (Å²) in [5.41, 5.74) is 0. The van der Waals surface area contributed by atoms with Crippen LogP contribution >= 0.6 is 46.0 Å². The second-order valence-corrected chi connectivity index (χ2v) is 10.0. The number of amides is 2. The van der Waals surface area contributed by atoms with E-state index in [1.807, 2.05) is 13.8 Å². The molecule has 0 aliphatic carbocycles. The van der Waals surface area contributed by atoms with Crippen LogP contribution in [0.2, 0.25) is 0 Å². The van der Waals surface area contributed by atoms with Gasteiger partial charge in [0.25, 0.3) is 11.6 Å². The summed E-state index contributed by atoms with van der Waals surface area (Å²) < 4.78 is 0. The molecule has 4 N–H and O–H groups in total. The van der Waals surface area contributed by atoms with Gasteiger partial charge in [-0.05, 0) is 12.7 Å². The van der Waals surface area contributed by atoms with Crippen LogP contribution in [0.5, 0.6) is 0 Å². The first-order valence-corrected chi connectivity index (χ1v) is 13.9. The van der Waals surface area contributed by atoms with Crippen LogP contribution in [-0.2, 0) is 28.8 Å². The van der Waals surface area contributed by atoms with Crippen molar-refractivity contribution in [2.75, 3.05) is 30.9 Å². The number of Topliss-reactive ketones (excluding diaryl/α,β-unsaturated/α-hetero) is 2. The highest BCUT2D eigenvalue weighted by Crippen LogP contribution is 2.19. The number of thiol groups is 1. The Hall–Kier alpha value is -1.38. The molecule has 0 aromatic rings. The largest absolute Gasteiger partial charge is 0.475 e. The lowest BCUT2D eigenvalue weighted by Crippen LogP contribution is -2.32. The van der Waals surface area contributed by atoms with Crippen molar-refractivity contribution in [3.05, 3.63) is 0 Å². The van der Waals surface area contributed by atoms with Gasteiger partial charge in [0.1, 0.15) is 0 Å². The first-order valence-electron chi connectivity index (χ1n) is 9.63. The highest BCUT2D eigenvalue weighted by Gasteiger charge is 2.24. The topological polar surface area (TPSA) is 167 Å². The molecule has 0 rings (SSSR count). The lowest BCUT2D eigenvalue weighted by molar-refractivity contribution is -0.149. The fraction of sp³-hybridized carbons (Fsp3) is 0.667. The van der Waals surface area contributed by atoms with E-state index < -0.39 is 39.9 Å². The molecule has 2 atom stereocenters. The van der Waals surface area contributed by atoms with Crippen molar-refractivity contribution in [1.82, 2.24) is 10.6 Å². The third-order valence-corrected chi connectivity index (χ3v) is 7.26. The minimum absolute atomic E-state index is 0.0604. The molecule has 0 radical (unpaired) electrons. The van der Waals surface area contributed by atoms with E-state index >= 15 is 0 Å². The second kappa shape index (κ2) is 20.2. The van der Waals surface area contributed by atoms with Crippen LogP contribution in [0, 0.1) is 0 Å². The zero-order chi connectivity index (χ0) is 25.1. The number of carbonyl (C=O) groups is 6. The van der Waals surface area contributed by atoms with Gasteiger partial charge in [-0.3, -0.25) is 19.2 Å². The molecule has 0 saturated carbocycles. The maximum absolute atomic E-state index is 11.7. The molecule has 0 bridgehead atoms. The summed E-state index contributed by atoms with van der Waals surface area (Å²) in [5, 5.41) is 20.5. The van der Waals surface area contributed by atoms with E-state index in [9.17, 15) is 28.8 Å². The highest BCUT2D eigenvalue weighted by atomic mass is 33.1. The number of rotatable bonds is 17. The Labute approximate surface area is 205 Å². The number of aliphatic carboxylic acids is 2. The van der Waals surface area contributed by atoms with Crippen molar-refractivity contribution in [1.29, 1.82) is 0 Å². The third-order valence-electron chi connectivity index (χ3n) is 3.41. The molecule has 10 nitrogen and oxygen atoms in total. The van der Waals surface area contributed by atoms with E-state index in [1.165, 1.54) is 21.6 Å². The molecule has 0 spiro atoms. The van der Waals surface area contributed by atoms with E-state index in [4.69, 9.17) is 10.2 Å². The van der Waals surface area contributed by atoms with Gasteiger partial charge in [0.15, 0.2) is 0 Å². The zero-order valence-corrected chi connectivity index (χ0v) is 21.5. The lowest BCUT2D eigenvalue weighted by Gasteiger charge is -2.10. The van der Waals surface area contributed by atoms with Crippen molar-refractivity contribution in [2.45, 2.75) is 43.6 Å². The van der Waals surface area contributed by atoms with Crippen molar-refractivity contribution in [3.63, 3.8) is 0 Å². The molecule has 184 valence electrons. The van der Waals surface area contributed by atoms with Gasteiger partial charge >= 0.3 is 11.9 Å². The summed E-state index contributed by atoms with van der Waals surface area (Å²) in [6.07, 6.45) is 1.52. The number of hydrogen-bond acceptors (Lipinski definition) is 10. The van der Waals surface area contributed by atoms with Gasteiger partial charge in [-0.1, -0.05) is 35.4 Å². The normalized spacial score (nSPS) is 11.9. The lowest BCUT2D eigenvalue weighted by atomic mass is 10.1. The number of thioether (sulfide) groups is 1. The number of carbonyl (C=O) groups excluding carboxylic acids is 4. The number of ketones is 2. The van der Waals surface area contributed by atoms with Crippen LogP contribution in [0.4, 0.5) is 0 Å².